The van der Waals surface area contributed by atoms with Crippen molar-refractivity contribution in [2.24, 2.45) is 17.3 Å². The summed E-state index contributed by atoms with van der Waals surface area (Å²) in [7, 11) is 3.41. The van der Waals surface area contributed by atoms with Crippen LogP contribution in [0.15, 0.2) is 47.4 Å². The highest BCUT2D eigenvalue weighted by molar-refractivity contribution is 6.00. The van der Waals surface area contributed by atoms with Gasteiger partial charge in [0, 0.05) is 56.3 Å². The molecule has 222 valence electrons. The van der Waals surface area contributed by atoms with Crippen LogP contribution in [-0.2, 0) is 11.3 Å². The van der Waals surface area contributed by atoms with E-state index < -0.39 is 11.0 Å². The SMILES string of the molecule is CC(CC1CCCCC1)C(=O)N1CCC(O)(Cn2cc(C(=O)N(C)C)c(-c3ccccc3)cc2=O)C2(CCCC2)C1. The quantitative estimate of drug-likeness (QED) is 0.494. The number of benzene rings is 1. The van der Waals surface area contributed by atoms with Crippen LogP contribution in [0.25, 0.3) is 11.1 Å². The summed E-state index contributed by atoms with van der Waals surface area (Å²) in [6.07, 6.45) is 13.0. The zero-order chi connectivity index (χ0) is 29.2. The Kier molecular flexibility index (Phi) is 8.74. The highest BCUT2D eigenvalue weighted by Gasteiger charge is 2.55. The molecule has 2 heterocycles. The smallest absolute Gasteiger partial charge is 0.255 e. The molecule has 7 heteroatoms. The molecule has 2 amide bonds. The molecule has 3 aliphatic rings. The molecule has 1 spiro atoms. The third-order valence-corrected chi connectivity index (χ3v) is 10.3. The van der Waals surface area contributed by atoms with Gasteiger partial charge in [-0.2, -0.15) is 0 Å². The first-order chi connectivity index (χ1) is 19.6. The fourth-order valence-corrected chi connectivity index (χ4v) is 7.87. The second kappa shape index (κ2) is 12.1. The van der Waals surface area contributed by atoms with Gasteiger partial charge in [-0.1, -0.05) is 82.2 Å². The standard InChI is InChI=1S/C34H47N3O4/c1-25(20-26-12-6-4-7-13-26)31(39)36-19-18-34(41,33(23-36)16-10-11-17-33)24-37-22-29(32(40)35(2)3)28(21-30(37)38)27-14-8-5-9-15-27/h5,8-9,14-15,21-22,25-26,41H,4,6-7,10-13,16-20,23-24H2,1-3H3. The molecule has 2 aromatic rings. The first-order valence-corrected chi connectivity index (χ1v) is 15.7. The minimum atomic E-state index is -1.14. The highest BCUT2D eigenvalue weighted by atomic mass is 16.3. The molecule has 1 aromatic heterocycles. The van der Waals surface area contributed by atoms with Gasteiger partial charge in [-0.3, -0.25) is 14.4 Å². The molecule has 0 radical (unpaired) electrons. The lowest BCUT2D eigenvalue weighted by Crippen LogP contribution is -2.62. The number of aliphatic hydroxyl groups is 1. The number of pyridine rings is 1. The van der Waals surface area contributed by atoms with E-state index in [2.05, 4.69) is 6.92 Å². The molecule has 2 unspecified atom stereocenters. The van der Waals surface area contributed by atoms with E-state index in [4.69, 9.17) is 0 Å². The second-order valence-corrected chi connectivity index (χ2v) is 13.3. The van der Waals surface area contributed by atoms with Crippen LogP contribution in [0, 0.1) is 17.3 Å². The van der Waals surface area contributed by atoms with Gasteiger partial charge in [0.15, 0.2) is 0 Å². The van der Waals surface area contributed by atoms with Crippen molar-refractivity contribution in [1.29, 1.82) is 0 Å². The Labute approximate surface area is 244 Å². The molecule has 2 aliphatic carbocycles. The molecule has 7 nitrogen and oxygen atoms in total. The zero-order valence-electron chi connectivity index (χ0n) is 25.1. The molecule has 0 bridgehead atoms. The number of carbonyl (C=O) groups excluding carboxylic acids is 2. The fourth-order valence-electron chi connectivity index (χ4n) is 7.87. The van der Waals surface area contributed by atoms with E-state index in [9.17, 15) is 19.5 Å². The first kappa shape index (κ1) is 29.6. The summed E-state index contributed by atoms with van der Waals surface area (Å²) >= 11 is 0. The predicted molar refractivity (Wildman–Crippen MR) is 162 cm³/mol. The Hall–Kier alpha value is -2.93. The Bertz CT molecular complexity index is 1290. The molecular formula is C34H47N3O4. The Morgan fingerprint density at radius 2 is 1.71 bits per heavy atom. The molecule has 3 fully saturated rings. The maximum atomic E-state index is 13.6. The van der Waals surface area contributed by atoms with Gasteiger partial charge in [0.25, 0.3) is 11.5 Å². The average Bonchev–Trinajstić information content (AvgIpc) is 3.45. The first-order valence-electron chi connectivity index (χ1n) is 15.7. The summed E-state index contributed by atoms with van der Waals surface area (Å²) in [5, 5.41) is 12.3. The number of piperidine rings is 1. The van der Waals surface area contributed by atoms with Crippen LogP contribution < -0.4 is 5.56 Å². The Morgan fingerprint density at radius 1 is 1.02 bits per heavy atom. The van der Waals surface area contributed by atoms with Gasteiger partial charge in [-0.25, -0.2) is 0 Å². The van der Waals surface area contributed by atoms with E-state index >= 15 is 0 Å². The van der Waals surface area contributed by atoms with Crippen molar-refractivity contribution in [3.8, 4) is 11.1 Å². The minimum Gasteiger partial charge on any atom is -0.387 e. The monoisotopic (exact) mass is 561 g/mol. The Balaban J connectivity index is 1.40. The van der Waals surface area contributed by atoms with Crippen molar-refractivity contribution < 1.29 is 14.7 Å². The molecule has 1 aliphatic heterocycles. The van der Waals surface area contributed by atoms with Gasteiger partial charge in [0.1, 0.15) is 0 Å². The van der Waals surface area contributed by atoms with Gasteiger partial charge < -0.3 is 19.5 Å². The number of aromatic nitrogens is 1. The lowest BCUT2D eigenvalue weighted by Gasteiger charge is -2.53. The van der Waals surface area contributed by atoms with E-state index in [0.717, 1.165) is 37.7 Å². The largest absolute Gasteiger partial charge is 0.387 e. The molecule has 1 aromatic carbocycles. The van der Waals surface area contributed by atoms with Crippen LogP contribution >= 0.6 is 0 Å². The third kappa shape index (κ3) is 6.01. The molecule has 1 saturated heterocycles. The van der Waals surface area contributed by atoms with E-state index in [-0.39, 0.29) is 29.8 Å². The molecular weight excluding hydrogens is 514 g/mol. The van der Waals surface area contributed by atoms with Gasteiger partial charge >= 0.3 is 0 Å². The van der Waals surface area contributed by atoms with Gasteiger partial charge in [0.05, 0.1) is 17.7 Å². The van der Waals surface area contributed by atoms with Crippen molar-refractivity contribution in [3.05, 3.63) is 58.5 Å². The van der Waals surface area contributed by atoms with Crippen molar-refractivity contribution in [1.82, 2.24) is 14.4 Å². The van der Waals surface area contributed by atoms with Gasteiger partial charge in [-0.05, 0) is 37.2 Å². The van der Waals surface area contributed by atoms with Gasteiger partial charge in [-0.15, -0.1) is 0 Å². The predicted octanol–water partition coefficient (Wildman–Crippen LogP) is 5.35. The zero-order valence-corrected chi connectivity index (χ0v) is 25.1. The van der Waals surface area contributed by atoms with Crippen molar-refractivity contribution in [2.75, 3.05) is 27.2 Å². The van der Waals surface area contributed by atoms with E-state index in [1.54, 1.807) is 20.3 Å². The van der Waals surface area contributed by atoms with Crippen LogP contribution in [0.2, 0.25) is 0 Å². The summed E-state index contributed by atoms with van der Waals surface area (Å²) in [5.74, 6) is 0.671. The fraction of sp³-hybridized carbons (Fsp3) is 0.618. The summed E-state index contributed by atoms with van der Waals surface area (Å²) in [4.78, 5) is 43.9. The Morgan fingerprint density at radius 3 is 2.37 bits per heavy atom. The summed E-state index contributed by atoms with van der Waals surface area (Å²) in [6, 6.07) is 11.0. The van der Waals surface area contributed by atoms with Crippen molar-refractivity contribution in [3.63, 3.8) is 0 Å². The normalized spacial score (nSPS) is 23.5. The third-order valence-electron chi connectivity index (χ3n) is 10.3. The van der Waals surface area contributed by atoms with Crippen molar-refractivity contribution in [2.45, 2.75) is 89.7 Å². The minimum absolute atomic E-state index is 0.00417. The average molecular weight is 562 g/mol. The molecule has 5 rings (SSSR count). The lowest BCUT2D eigenvalue weighted by atomic mass is 9.65. The lowest BCUT2D eigenvalue weighted by molar-refractivity contribution is -0.163. The molecule has 41 heavy (non-hydrogen) atoms. The van der Waals surface area contributed by atoms with Crippen molar-refractivity contribution >= 4 is 11.8 Å². The van der Waals surface area contributed by atoms with E-state index in [1.807, 2.05) is 35.2 Å². The maximum Gasteiger partial charge on any atom is 0.255 e. The topological polar surface area (TPSA) is 82.8 Å². The summed E-state index contributed by atoms with van der Waals surface area (Å²) in [5.41, 5.74) is 0.0231. The molecule has 1 N–H and O–H groups in total. The van der Waals surface area contributed by atoms with Crippen LogP contribution in [0.5, 0.6) is 0 Å². The summed E-state index contributed by atoms with van der Waals surface area (Å²) < 4.78 is 1.53. The van der Waals surface area contributed by atoms with Crippen LogP contribution in [-0.4, -0.2) is 64.1 Å². The maximum absolute atomic E-state index is 13.6. The molecule has 2 saturated carbocycles. The van der Waals surface area contributed by atoms with E-state index in [0.29, 0.717) is 36.6 Å². The summed E-state index contributed by atoms with van der Waals surface area (Å²) in [6.45, 7) is 3.23. The number of hydrogen-bond donors (Lipinski definition) is 1. The number of hydrogen-bond acceptors (Lipinski definition) is 4. The van der Waals surface area contributed by atoms with Gasteiger partial charge in [0.2, 0.25) is 5.91 Å². The van der Waals surface area contributed by atoms with Crippen LogP contribution in [0.3, 0.4) is 0 Å². The number of nitrogens with zero attached hydrogens (tertiary/aromatic N) is 3. The second-order valence-electron chi connectivity index (χ2n) is 13.3. The number of likely N-dealkylation sites (tertiary alicyclic amines) is 1. The number of carbonyl (C=O) groups is 2. The highest BCUT2D eigenvalue weighted by Crippen LogP contribution is 2.52. The van der Waals surface area contributed by atoms with Crippen LogP contribution in [0.1, 0.15) is 87.9 Å². The molecule has 2 atom stereocenters. The number of amides is 2. The number of rotatable bonds is 7. The van der Waals surface area contributed by atoms with Crippen LogP contribution in [0.4, 0.5) is 0 Å². The van der Waals surface area contributed by atoms with E-state index in [1.165, 1.54) is 47.6 Å².